The van der Waals surface area contributed by atoms with Crippen molar-refractivity contribution in [1.82, 2.24) is 24.1 Å². The van der Waals surface area contributed by atoms with E-state index in [0.717, 1.165) is 15.7 Å². The second-order valence-corrected chi connectivity index (χ2v) is 8.52. The highest BCUT2D eigenvalue weighted by atomic mass is 32.2. The summed E-state index contributed by atoms with van der Waals surface area (Å²) in [6, 6.07) is 9.23. The SMILES string of the molecule is Cc1cc(C)n(-c2cc(NC(=O)c3ccc(S(=O)(=O)N(C)C)cc3)ncn2)n1. The number of anilines is 1. The zero-order valence-electron chi connectivity index (χ0n) is 15.9. The molecule has 3 aromatic rings. The lowest BCUT2D eigenvalue weighted by molar-refractivity contribution is 0.102. The summed E-state index contributed by atoms with van der Waals surface area (Å²) in [4.78, 5) is 20.8. The number of carbonyl (C=O) groups excluding carboxylic acids is 1. The molecule has 0 aliphatic carbocycles. The molecule has 0 aliphatic heterocycles. The molecule has 1 amide bonds. The molecule has 0 spiro atoms. The third-order valence-corrected chi connectivity index (χ3v) is 5.85. The van der Waals surface area contributed by atoms with Gasteiger partial charge in [-0.1, -0.05) is 0 Å². The summed E-state index contributed by atoms with van der Waals surface area (Å²) in [5.41, 5.74) is 2.07. The Balaban J connectivity index is 1.80. The number of hydrogen-bond acceptors (Lipinski definition) is 6. The first-order chi connectivity index (χ1) is 13.2. The number of amides is 1. The van der Waals surface area contributed by atoms with E-state index in [-0.39, 0.29) is 4.90 Å². The van der Waals surface area contributed by atoms with Crippen LogP contribution in [-0.4, -0.2) is 52.5 Å². The summed E-state index contributed by atoms with van der Waals surface area (Å²) in [5.74, 6) is 0.433. The zero-order chi connectivity index (χ0) is 20.5. The third-order valence-electron chi connectivity index (χ3n) is 4.02. The molecule has 0 bridgehead atoms. The average molecular weight is 400 g/mol. The van der Waals surface area contributed by atoms with Crippen molar-refractivity contribution in [2.45, 2.75) is 18.7 Å². The Morgan fingerprint density at radius 1 is 1.07 bits per heavy atom. The van der Waals surface area contributed by atoms with E-state index in [1.807, 2.05) is 19.9 Å². The lowest BCUT2D eigenvalue weighted by atomic mass is 10.2. The van der Waals surface area contributed by atoms with Crippen molar-refractivity contribution in [2.75, 3.05) is 19.4 Å². The minimum Gasteiger partial charge on any atom is -0.306 e. The van der Waals surface area contributed by atoms with Gasteiger partial charge < -0.3 is 5.32 Å². The number of aromatic nitrogens is 4. The molecular formula is C18H20N6O3S. The highest BCUT2D eigenvalue weighted by Crippen LogP contribution is 2.16. The molecule has 146 valence electrons. The van der Waals surface area contributed by atoms with Crippen molar-refractivity contribution in [1.29, 1.82) is 0 Å². The molecule has 0 saturated heterocycles. The molecule has 28 heavy (non-hydrogen) atoms. The van der Waals surface area contributed by atoms with E-state index in [9.17, 15) is 13.2 Å². The molecule has 1 N–H and O–H groups in total. The van der Waals surface area contributed by atoms with Crippen LogP contribution in [0.5, 0.6) is 0 Å². The van der Waals surface area contributed by atoms with E-state index >= 15 is 0 Å². The van der Waals surface area contributed by atoms with Crippen molar-refractivity contribution >= 4 is 21.7 Å². The molecule has 0 fully saturated rings. The molecular weight excluding hydrogens is 380 g/mol. The molecule has 0 atom stereocenters. The van der Waals surface area contributed by atoms with E-state index in [0.29, 0.717) is 17.2 Å². The largest absolute Gasteiger partial charge is 0.306 e. The molecule has 2 aromatic heterocycles. The molecule has 2 heterocycles. The van der Waals surface area contributed by atoms with Crippen LogP contribution in [0.1, 0.15) is 21.7 Å². The number of nitrogens with one attached hydrogen (secondary N) is 1. The smallest absolute Gasteiger partial charge is 0.256 e. The summed E-state index contributed by atoms with van der Waals surface area (Å²) >= 11 is 0. The Hall–Kier alpha value is -3.11. The van der Waals surface area contributed by atoms with Gasteiger partial charge in [0.25, 0.3) is 5.91 Å². The Bertz CT molecular complexity index is 1120. The zero-order valence-corrected chi connectivity index (χ0v) is 16.7. The van der Waals surface area contributed by atoms with Crippen LogP contribution >= 0.6 is 0 Å². The van der Waals surface area contributed by atoms with Gasteiger partial charge in [0.1, 0.15) is 12.1 Å². The Morgan fingerprint density at radius 2 is 1.75 bits per heavy atom. The Kier molecular flexibility index (Phi) is 5.25. The number of sulfonamides is 1. The van der Waals surface area contributed by atoms with Crippen molar-refractivity contribution in [3.8, 4) is 5.82 Å². The third kappa shape index (κ3) is 3.92. The molecule has 10 heteroatoms. The van der Waals surface area contributed by atoms with Crippen LogP contribution in [0.2, 0.25) is 0 Å². The minimum absolute atomic E-state index is 0.114. The number of aryl methyl sites for hydroxylation is 2. The molecule has 0 radical (unpaired) electrons. The molecule has 9 nitrogen and oxygen atoms in total. The van der Waals surface area contributed by atoms with Gasteiger partial charge in [-0.3, -0.25) is 4.79 Å². The lowest BCUT2D eigenvalue weighted by Gasteiger charge is -2.11. The summed E-state index contributed by atoms with van der Waals surface area (Å²) in [5, 5.41) is 7.04. The predicted octanol–water partition coefficient (Wildman–Crippen LogP) is 1.78. The van der Waals surface area contributed by atoms with Crippen LogP contribution in [0.15, 0.2) is 47.6 Å². The quantitative estimate of drug-likeness (QED) is 0.699. The highest BCUT2D eigenvalue weighted by molar-refractivity contribution is 7.89. The standard InChI is InChI=1S/C18H20N6O3S/c1-12-9-13(2)24(22-12)17-10-16(19-11-20-17)21-18(25)14-5-7-15(8-6-14)28(26,27)23(3)4/h5-11H,1-4H3,(H,19,20,21,25). The van der Waals surface area contributed by atoms with Crippen LogP contribution < -0.4 is 5.32 Å². The molecule has 0 saturated carbocycles. The minimum atomic E-state index is -3.55. The van der Waals surface area contributed by atoms with Crippen molar-refractivity contribution in [2.24, 2.45) is 0 Å². The van der Waals surface area contributed by atoms with Crippen LogP contribution in [0.3, 0.4) is 0 Å². The van der Waals surface area contributed by atoms with E-state index < -0.39 is 15.9 Å². The topological polar surface area (TPSA) is 110 Å². The van der Waals surface area contributed by atoms with Gasteiger partial charge in [0.15, 0.2) is 5.82 Å². The van der Waals surface area contributed by atoms with Crippen LogP contribution in [0.25, 0.3) is 5.82 Å². The monoisotopic (exact) mass is 400 g/mol. The predicted molar refractivity (Wildman–Crippen MR) is 104 cm³/mol. The fraction of sp³-hybridized carbons (Fsp3) is 0.222. The van der Waals surface area contributed by atoms with E-state index in [1.54, 1.807) is 10.7 Å². The summed E-state index contributed by atoms with van der Waals surface area (Å²) < 4.78 is 27.0. The van der Waals surface area contributed by atoms with Gasteiger partial charge in [0.05, 0.1) is 10.6 Å². The van der Waals surface area contributed by atoms with Crippen molar-refractivity contribution < 1.29 is 13.2 Å². The molecule has 3 rings (SSSR count). The summed E-state index contributed by atoms with van der Waals surface area (Å²) in [6.07, 6.45) is 1.34. The van der Waals surface area contributed by atoms with Gasteiger partial charge in [-0.05, 0) is 44.2 Å². The van der Waals surface area contributed by atoms with Crippen LogP contribution in [0.4, 0.5) is 5.82 Å². The molecule has 0 aliphatic rings. The van der Waals surface area contributed by atoms with Gasteiger partial charge in [-0.15, -0.1) is 0 Å². The van der Waals surface area contributed by atoms with Gasteiger partial charge in [-0.25, -0.2) is 27.4 Å². The second kappa shape index (κ2) is 7.49. The fourth-order valence-electron chi connectivity index (χ4n) is 2.57. The average Bonchev–Trinajstić information content (AvgIpc) is 3.00. The number of carbonyl (C=O) groups is 1. The molecule has 1 aromatic carbocycles. The lowest BCUT2D eigenvalue weighted by Crippen LogP contribution is -2.22. The van der Waals surface area contributed by atoms with Crippen LogP contribution in [-0.2, 0) is 10.0 Å². The van der Waals surface area contributed by atoms with Crippen molar-refractivity contribution in [3.05, 3.63) is 59.7 Å². The van der Waals surface area contributed by atoms with E-state index in [4.69, 9.17) is 0 Å². The van der Waals surface area contributed by atoms with E-state index in [1.165, 1.54) is 44.7 Å². The maximum atomic E-state index is 12.5. The molecule has 0 unspecified atom stereocenters. The number of rotatable bonds is 5. The van der Waals surface area contributed by atoms with E-state index in [2.05, 4.69) is 20.4 Å². The van der Waals surface area contributed by atoms with Gasteiger partial charge in [-0.2, -0.15) is 5.10 Å². The Labute approximate surface area is 163 Å². The maximum Gasteiger partial charge on any atom is 0.256 e. The van der Waals surface area contributed by atoms with Gasteiger partial charge in [0.2, 0.25) is 10.0 Å². The normalized spacial score (nSPS) is 11.6. The first-order valence-corrected chi connectivity index (χ1v) is 9.82. The van der Waals surface area contributed by atoms with Crippen LogP contribution in [0, 0.1) is 13.8 Å². The number of hydrogen-bond donors (Lipinski definition) is 1. The van der Waals surface area contributed by atoms with Gasteiger partial charge >= 0.3 is 0 Å². The van der Waals surface area contributed by atoms with Gasteiger partial charge in [0, 0.05) is 31.4 Å². The Morgan fingerprint density at radius 3 is 2.32 bits per heavy atom. The number of nitrogens with zero attached hydrogens (tertiary/aromatic N) is 5. The summed E-state index contributed by atoms with van der Waals surface area (Å²) in [7, 11) is -0.646. The van der Waals surface area contributed by atoms with Crippen molar-refractivity contribution in [3.63, 3.8) is 0 Å². The first-order valence-electron chi connectivity index (χ1n) is 8.38. The number of benzene rings is 1. The second-order valence-electron chi connectivity index (χ2n) is 6.37. The fourth-order valence-corrected chi connectivity index (χ4v) is 3.47. The highest BCUT2D eigenvalue weighted by Gasteiger charge is 2.18. The first kappa shape index (κ1) is 19.6. The summed E-state index contributed by atoms with van der Waals surface area (Å²) in [6.45, 7) is 3.79. The maximum absolute atomic E-state index is 12.5.